The van der Waals surface area contributed by atoms with E-state index in [1.807, 2.05) is 26.0 Å². The lowest BCUT2D eigenvalue weighted by Crippen LogP contribution is -2.09. The van der Waals surface area contributed by atoms with Crippen LogP contribution in [0, 0.1) is 25.5 Å². The SMILES string of the molecule is Cc1ccc(CC(=O)c2c(F)cc(Br)cc2F)cc1C. The Kier molecular flexibility index (Phi) is 4.33. The van der Waals surface area contributed by atoms with E-state index in [9.17, 15) is 13.6 Å². The number of benzene rings is 2. The van der Waals surface area contributed by atoms with E-state index in [1.54, 1.807) is 6.07 Å². The lowest BCUT2D eigenvalue weighted by atomic mass is 9.99. The van der Waals surface area contributed by atoms with Gasteiger partial charge in [-0.05, 0) is 42.7 Å². The molecular weight excluding hydrogens is 326 g/mol. The van der Waals surface area contributed by atoms with Gasteiger partial charge in [0.1, 0.15) is 11.6 Å². The molecule has 1 nitrogen and oxygen atoms in total. The van der Waals surface area contributed by atoms with E-state index < -0.39 is 23.0 Å². The number of hydrogen-bond acceptors (Lipinski definition) is 1. The van der Waals surface area contributed by atoms with Gasteiger partial charge in [-0.2, -0.15) is 0 Å². The fourth-order valence-electron chi connectivity index (χ4n) is 2.00. The van der Waals surface area contributed by atoms with Crippen LogP contribution >= 0.6 is 15.9 Å². The van der Waals surface area contributed by atoms with E-state index in [-0.39, 0.29) is 10.9 Å². The second kappa shape index (κ2) is 5.83. The molecule has 0 aromatic heterocycles. The Morgan fingerprint density at radius 1 is 1.05 bits per heavy atom. The standard InChI is InChI=1S/C16H13BrF2O/c1-9-3-4-11(5-10(9)2)6-15(20)16-13(18)7-12(17)8-14(16)19/h3-5,7-8H,6H2,1-2H3. The highest BCUT2D eigenvalue weighted by molar-refractivity contribution is 9.10. The van der Waals surface area contributed by atoms with Crippen molar-refractivity contribution >= 4 is 21.7 Å². The van der Waals surface area contributed by atoms with E-state index in [4.69, 9.17) is 0 Å². The van der Waals surface area contributed by atoms with Crippen LogP contribution in [0.3, 0.4) is 0 Å². The van der Waals surface area contributed by atoms with Crippen LogP contribution in [0.4, 0.5) is 8.78 Å². The van der Waals surface area contributed by atoms with Gasteiger partial charge in [0.2, 0.25) is 0 Å². The molecule has 0 N–H and O–H groups in total. The summed E-state index contributed by atoms with van der Waals surface area (Å²) in [7, 11) is 0. The molecule has 0 saturated carbocycles. The highest BCUT2D eigenvalue weighted by Crippen LogP contribution is 2.21. The number of halogens is 3. The average Bonchev–Trinajstić information content (AvgIpc) is 2.32. The molecule has 2 aromatic carbocycles. The molecule has 104 valence electrons. The summed E-state index contributed by atoms with van der Waals surface area (Å²) in [5.41, 5.74) is 2.43. The van der Waals surface area contributed by atoms with E-state index in [0.717, 1.165) is 28.8 Å². The molecule has 0 radical (unpaired) electrons. The van der Waals surface area contributed by atoms with Crippen molar-refractivity contribution < 1.29 is 13.6 Å². The van der Waals surface area contributed by atoms with Gasteiger partial charge >= 0.3 is 0 Å². The van der Waals surface area contributed by atoms with Crippen molar-refractivity contribution in [2.24, 2.45) is 0 Å². The fourth-order valence-corrected chi connectivity index (χ4v) is 2.40. The number of hydrogen-bond donors (Lipinski definition) is 0. The monoisotopic (exact) mass is 338 g/mol. The highest BCUT2D eigenvalue weighted by atomic mass is 79.9. The van der Waals surface area contributed by atoms with Gasteiger partial charge in [0.25, 0.3) is 0 Å². The molecule has 0 bridgehead atoms. The molecule has 0 aliphatic rings. The summed E-state index contributed by atoms with van der Waals surface area (Å²) in [5, 5.41) is 0. The lowest BCUT2D eigenvalue weighted by Gasteiger charge is -2.07. The van der Waals surface area contributed by atoms with Crippen LogP contribution in [0.25, 0.3) is 0 Å². The first-order valence-corrected chi connectivity index (χ1v) is 6.91. The summed E-state index contributed by atoms with van der Waals surface area (Å²) in [4.78, 5) is 12.1. The van der Waals surface area contributed by atoms with Crippen molar-refractivity contribution in [2.45, 2.75) is 20.3 Å². The zero-order chi connectivity index (χ0) is 14.9. The summed E-state index contributed by atoms with van der Waals surface area (Å²) < 4.78 is 27.7. The van der Waals surface area contributed by atoms with E-state index in [0.29, 0.717) is 0 Å². The van der Waals surface area contributed by atoms with E-state index in [1.165, 1.54) is 0 Å². The molecule has 2 rings (SSSR count). The van der Waals surface area contributed by atoms with Gasteiger partial charge in [0.15, 0.2) is 5.78 Å². The molecule has 0 aliphatic carbocycles. The molecule has 0 aliphatic heterocycles. The first kappa shape index (κ1) is 14.9. The maximum atomic E-state index is 13.7. The third-order valence-corrected chi connectivity index (χ3v) is 3.68. The van der Waals surface area contributed by atoms with Crippen LogP contribution < -0.4 is 0 Å². The smallest absolute Gasteiger partial charge is 0.173 e. The Hall–Kier alpha value is -1.55. The van der Waals surface area contributed by atoms with Crippen LogP contribution in [0.15, 0.2) is 34.8 Å². The van der Waals surface area contributed by atoms with Gasteiger partial charge in [0.05, 0.1) is 5.56 Å². The number of rotatable bonds is 3. The van der Waals surface area contributed by atoms with Crippen LogP contribution in [0.2, 0.25) is 0 Å². The summed E-state index contributed by atoms with van der Waals surface area (Å²) in [6.45, 7) is 3.90. The van der Waals surface area contributed by atoms with Crippen LogP contribution in [-0.4, -0.2) is 5.78 Å². The molecule has 0 amide bonds. The maximum Gasteiger partial charge on any atom is 0.173 e. The topological polar surface area (TPSA) is 17.1 Å². The molecule has 2 aromatic rings. The fraction of sp³-hybridized carbons (Fsp3) is 0.188. The number of aryl methyl sites for hydroxylation is 2. The zero-order valence-electron chi connectivity index (χ0n) is 11.1. The van der Waals surface area contributed by atoms with Crippen LogP contribution in [0.5, 0.6) is 0 Å². The van der Waals surface area contributed by atoms with Gasteiger partial charge in [-0.3, -0.25) is 4.79 Å². The second-order valence-electron chi connectivity index (χ2n) is 4.76. The largest absolute Gasteiger partial charge is 0.294 e. The molecular formula is C16H13BrF2O. The molecule has 0 fully saturated rings. The summed E-state index contributed by atoms with van der Waals surface area (Å²) in [6.07, 6.45) is -0.0173. The summed E-state index contributed by atoms with van der Waals surface area (Å²) in [5.74, 6) is -2.24. The Balaban J connectivity index is 2.31. The number of ketones is 1. The van der Waals surface area contributed by atoms with Crippen LogP contribution in [-0.2, 0) is 6.42 Å². The Morgan fingerprint density at radius 3 is 2.20 bits per heavy atom. The minimum absolute atomic E-state index is 0.0173. The predicted molar refractivity (Wildman–Crippen MR) is 78.0 cm³/mol. The highest BCUT2D eigenvalue weighted by Gasteiger charge is 2.18. The molecule has 0 saturated heterocycles. The Labute approximate surface area is 124 Å². The maximum absolute atomic E-state index is 13.7. The summed E-state index contributed by atoms with van der Waals surface area (Å²) in [6, 6.07) is 7.75. The molecule has 20 heavy (non-hydrogen) atoms. The third kappa shape index (κ3) is 3.12. The molecule has 0 heterocycles. The lowest BCUT2D eigenvalue weighted by molar-refractivity contribution is 0.0985. The molecule has 0 unspecified atom stereocenters. The zero-order valence-corrected chi connectivity index (χ0v) is 12.7. The molecule has 0 spiro atoms. The second-order valence-corrected chi connectivity index (χ2v) is 5.68. The minimum Gasteiger partial charge on any atom is -0.294 e. The van der Waals surface area contributed by atoms with Crippen molar-refractivity contribution in [3.8, 4) is 0 Å². The van der Waals surface area contributed by atoms with Gasteiger partial charge in [-0.1, -0.05) is 34.1 Å². The van der Waals surface area contributed by atoms with E-state index in [2.05, 4.69) is 15.9 Å². The van der Waals surface area contributed by atoms with Gasteiger partial charge < -0.3 is 0 Å². The number of Topliss-reactive ketones (excluding diaryl/α,β-unsaturated/α-hetero) is 1. The first-order chi connectivity index (χ1) is 9.38. The average molecular weight is 339 g/mol. The quantitative estimate of drug-likeness (QED) is 0.736. The normalized spacial score (nSPS) is 10.7. The van der Waals surface area contributed by atoms with E-state index >= 15 is 0 Å². The Morgan fingerprint density at radius 2 is 1.65 bits per heavy atom. The van der Waals surface area contributed by atoms with Gasteiger partial charge in [-0.25, -0.2) is 8.78 Å². The number of carbonyl (C=O) groups excluding carboxylic acids is 1. The third-order valence-electron chi connectivity index (χ3n) is 3.22. The Bertz CT molecular complexity index is 657. The number of carbonyl (C=O) groups is 1. The molecule has 0 atom stereocenters. The first-order valence-electron chi connectivity index (χ1n) is 6.12. The van der Waals surface area contributed by atoms with Crippen molar-refractivity contribution in [2.75, 3.05) is 0 Å². The summed E-state index contributed by atoms with van der Waals surface area (Å²) >= 11 is 2.99. The van der Waals surface area contributed by atoms with Crippen molar-refractivity contribution in [3.63, 3.8) is 0 Å². The van der Waals surface area contributed by atoms with Crippen molar-refractivity contribution in [1.82, 2.24) is 0 Å². The predicted octanol–water partition coefficient (Wildman–Crippen LogP) is 4.77. The van der Waals surface area contributed by atoms with Gasteiger partial charge in [0, 0.05) is 10.9 Å². The van der Waals surface area contributed by atoms with Gasteiger partial charge in [-0.15, -0.1) is 0 Å². The van der Waals surface area contributed by atoms with Crippen molar-refractivity contribution in [1.29, 1.82) is 0 Å². The minimum atomic E-state index is -0.842. The molecule has 4 heteroatoms. The van der Waals surface area contributed by atoms with Crippen molar-refractivity contribution in [3.05, 3.63) is 68.7 Å². The van der Waals surface area contributed by atoms with Crippen LogP contribution in [0.1, 0.15) is 27.0 Å².